The number of carbonyl (C=O) groups excluding carboxylic acids is 2. The van der Waals surface area contributed by atoms with Crippen molar-refractivity contribution >= 4 is 17.8 Å². The molecule has 1 aliphatic carbocycles. The summed E-state index contributed by atoms with van der Waals surface area (Å²) in [6.07, 6.45) is 6.43. The Morgan fingerprint density at radius 3 is 2.75 bits per heavy atom. The van der Waals surface area contributed by atoms with Gasteiger partial charge in [-0.3, -0.25) is 4.79 Å². The molecular weight excluding hydrogens is 252 g/mol. The SMILES string of the molecule is CCCOC(=O)C(=CC1C=Cc2ccccc21)C(C)=O. The lowest BCUT2D eigenvalue weighted by Crippen LogP contribution is -2.15. The third kappa shape index (κ3) is 3.05. The zero-order chi connectivity index (χ0) is 14.5. The highest BCUT2D eigenvalue weighted by Crippen LogP contribution is 2.31. The second kappa shape index (κ2) is 6.33. The van der Waals surface area contributed by atoms with Gasteiger partial charge < -0.3 is 4.74 Å². The number of carbonyl (C=O) groups is 2. The number of hydrogen-bond donors (Lipinski definition) is 0. The van der Waals surface area contributed by atoms with Crippen molar-refractivity contribution in [1.29, 1.82) is 0 Å². The lowest BCUT2D eigenvalue weighted by molar-refractivity contribution is -0.140. The molecule has 3 nitrogen and oxygen atoms in total. The zero-order valence-corrected chi connectivity index (χ0v) is 11.8. The number of Topliss-reactive ketones (excluding diaryl/α,β-unsaturated/α-hetero) is 1. The highest BCUT2D eigenvalue weighted by molar-refractivity contribution is 6.16. The highest BCUT2D eigenvalue weighted by Gasteiger charge is 2.21. The van der Waals surface area contributed by atoms with Gasteiger partial charge in [0.15, 0.2) is 5.78 Å². The van der Waals surface area contributed by atoms with Crippen LogP contribution in [-0.2, 0) is 14.3 Å². The van der Waals surface area contributed by atoms with Gasteiger partial charge >= 0.3 is 5.97 Å². The molecule has 1 unspecified atom stereocenters. The molecule has 0 aliphatic heterocycles. The third-order valence-electron chi connectivity index (χ3n) is 3.22. The summed E-state index contributed by atoms with van der Waals surface area (Å²) in [5, 5.41) is 0. The topological polar surface area (TPSA) is 43.4 Å². The van der Waals surface area contributed by atoms with Gasteiger partial charge in [-0.15, -0.1) is 0 Å². The van der Waals surface area contributed by atoms with Crippen molar-refractivity contribution < 1.29 is 14.3 Å². The highest BCUT2D eigenvalue weighted by atomic mass is 16.5. The fraction of sp³-hybridized carbons (Fsp3) is 0.294. The first-order valence-corrected chi connectivity index (χ1v) is 6.80. The molecular formula is C17H18O3. The molecule has 0 N–H and O–H groups in total. The van der Waals surface area contributed by atoms with Gasteiger partial charge in [-0.25, -0.2) is 4.79 Å². The Bertz CT molecular complexity index is 582. The van der Waals surface area contributed by atoms with E-state index in [9.17, 15) is 9.59 Å². The normalized spacial score (nSPS) is 16.9. The van der Waals surface area contributed by atoms with Crippen LogP contribution in [0.1, 0.15) is 37.3 Å². The number of ether oxygens (including phenoxy) is 1. The minimum absolute atomic E-state index is 0.0423. The van der Waals surface area contributed by atoms with Crippen LogP contribution in [0.2, 0.25) is 0 Å². The van der Waals surface area contributed by atoms with Gasteiger partial charge in [-0.2, -0.15) is 0 Å². The Kier molecular flexibility index (Phi) is 4.51. The zero-order valence-electron chi connectivity index (χ0n) is 11.8. The van der Waals surface area contributed by atoms with Crippen LogP contribution in [0.5, 0.6) is 0 Å². The molecule has 3 heteroatoms. The van der Waals surface area contributed by atoms with Crippen molar-refractivity contribution in [3.8, 4) is 0 Å². The van der Waals surface area contributed by atoms with Gasteiger partial charge in [0.1, 0.15) is 0 Å². The van der Waals surface area contributed by atoms with Crippen LogP contribution in [0.15, 0.2) is 42.0 Å². The molecule has 20 heavy (non-hydrogen) atoms. The number of hydrogen-bond acceptors (Lipinski definition) is 3. The van der Waals surface area contributed by atoms with E-state index in [0.29, 0.717) is 6.61 Å². The molecule has 0 heterocycles. The van der Waals surface area contributed by atoms with Gasteiger partial charge in [0, 0.05) is 5.92 Å². The van der Waals surface area contributed by atoms with Gasteiger partial charge in [0.2, 0.25) is 0 Å². The number of benzene rings is 1. The van der Waals surface area contributed by atoms with Crippen LogP contribution >= 0.6 is 0 Å². The number of allylic oxidation sites excluding steroid dienone is 2. The van der Waals surface area contributed by atoms with Gasteiger partial charge in [-0.1, -0.05) is 49.4 Å². The molecule has 1 aliphatic rings. The predicted molar refractivity (Wildman–Crippen MR) is 78.2 cm³/mol. The van der Waals surface area contributed by atoms with Crippen molar-refractivity contribution in [3.63, 3.8) is 0 Å². The fourth-order valence-corrected chi connectivity index (χ4v) is 2.20. The smallest absolute Gasteiger partial charge is 0.341 e. The summed E-state index contributed by atoms with van der Waals surface area (Å²) in [4.78, 5) is 23.6. The summed E-state index contributed by atoms with van der Waals surface area (Å²) in [5.74, 6) is -0.833. The summed E-state index contributed by atoms with van der Waals surface area (Å²) in [6, 6.07) is 7.94. The van der Waals surface area contributed by atoms with E-state index in [4.69, 9.17) is 4.74 Å². The van der Waals surface area contributed by atoms with E-state index < -0.39 is 5.97 Å². The van der Waals surface area contributed by atoms with E-state index in [1.54, 1.807) is 6.08 Å². The Hall–Kier alpha value is -2.16. The van der Waals surface area contributed by atoms with E-state index >= 15 is 0 Å². The van der Waals surface area contributed by atoms with Crippen LogP contribution in [0.25, 0.3) is 6.08 Å². The number of fused-ring (bicyclic) bond motifs is 1. The van der Waals surface area contributed by atoms with Crippen LogP contribution in [0, 0.1) is 0 Å². The van der Waals surface area contributed by atoms with Gasteiger partial charge in [-0.05, 0) is 24.5 Å². The summed E-state index contributed by atoms with van der Waals surface area (Å²) >= 11 is 0. The van der Waals surface area contributed by atoms with Gasteiger partial charge in [0.05, 0.1) is 12.2 Å². The molecule has 0 bridgehead atoms. The summed E-state index contributed by atoms with van der Waals surface area (Å²) in [5.41, 5.74) is 2.36. The van der Waals surface area contributed by atoms with Gasteiger partial charge in [0.25, 0.3) is 0 Å². The van der Waals surface area contributed by atoms with E-state index in [2.05, 4.69) is 0 Å². The molecule has 0 spiro atoms. The van der Waals surface area contributed by atoms with Crippen LogP contribution in [0.4, 0.5) is 0 Å². The Morgan fingerprint density at radius 1 is 1.30 bits per heavy atom. The van der Waals surface area contributed by atoms with Crippen molar-refractivity contribution in [2.75, 3.05) is 6.61 Å². The van der Waals surface area contributed by atoms with E-state index in [1.807, 2.05) is 43.3 Å². The molecule has 0 saturated carbocycles. The standard InChI is InChI=1S/C17H18O3/c1-3-10-20-17(19)16(12(2)18)11-14-9-8-13-6-4-5-7-15(13)14/h4-9,11,14H,3,10H2,1-2H3. The average molecular weight is 270 g/mol. The molecule has 0 amide bonds. The lowest BCUT2D eigenvalue weighted by Gasteiger charge is -2.09. The van der Waals surface area contributed by atoms with Crippen LogP contribution < -0.4 is 0 Å². The first-order valence-electron chi connectivity index (χ1n) is 6.80. The molecule has 1 aromatic rings. The second-order valence-electron chi connectivity index (χ2n) is 4.79. The largest absolute Gasteiger partial charge is 0.462 e. The minimum atomic E-state index is -0.530. The summed E-state index contributed by atoms with van der Waals surface area (Å²) in [7, 11) is 0. The monoisotopic (exact) mass is 270 g/mol. The van der Waals surface area contributed by atoms with Crippen molar-refractivity contribution in [1.82, 2.24) is 0 Å². The molecule has 0 radical (unpaired) electrons. The first kappa shape index (κ1) is 14.3. The lowest BCUT2D eigenvalue weighted by atomic mass is 9.97. The second-order valence-corrected chi connectivity index (χ2v) is 4.79. The summed E-state index contributed by atoms with van der Waals surface area (Å²) in [6.45, 7) is 3.64. The first-order chi connectivity index (χ1) is 9.63. The molecule has 104 valence electrons. The average Bonchev–Trinajstić information content (AvgIpc) is 2.85. The quantitative estimate of drug-likeness (QED) is 0.357. The molecule has 0 aromatic heterocycles. The van der Waals surface area contributed by atoms with E-state index in [1.165, 1.54) is 6.92 Å². The van der Waals surface area contributed by atoms with Crippen molar-refractivity contribution in [2.45, 2.75) is 26.2 Å². The van der Waals surface area contributed by atoms with E-state index in [0.717, 1.165) is 17.5 Å². The Labute approximate surface area is 118 Å². The maximum atomic E-state index is 11.9. The van der Waals surface area contributed by atoms with Crippen LogP contribution in [-0.4, -0.2) is 18.4 Å². The molecule has 1 atom stereocenters. The van der Waals surface area contributed by atoms with Crippen molar-refractivity contribution in [2.24, 2.45) is 0 Å². The molecule has 0 fully saturated rings. The van der Waals surface area contributed by atoms with E-state index in [-0.39, 0.29) is 17.3 Å². The predicted octanol–water partition coefficient (Wildman–Crippen LogP) is 3.27. The Morgan fingerprint density at radius 2 is 2.05 bits per heavy atom. The van der Waals surface area contributed by atoms with Crippen LogP contribution in [0.3, 0.4) is 0 Å². The van der Waals surface area contributed by atoms with Crippen molar-refractivity contribution in [3.05, 3.63) is 53.1 Å². The maximum absolute atomic E-state index is 11.9. The Balaban J connectivity index is 2.25. The minimum Gasteiger partial charge on any atom is -0.462 e. The number of rotatable bonds is 5. The molecule has 1 aromatic carbocycles. The fourth-order valence-electron chi connectivity index (χ4n) is 2.20. The maximum Gasteiger partial charge on any atom is 0.341 e. The number of esters is 1. The third-order valence-corrected chi connectivity index (χ3v) is 3.22. The molecule has 2 rings (SSSR count). The number of ketones is 1. The summed E-state index contributed by atoms with van der Waals surface area (Å²) < 4.78 is 5.06. The molecule has 0 saturated heterocycles.